The molecule has 4 nitrogen and oxygen atoms in total. The highest BCUT2D eigenvalue weighted by molar-refractivity contribution is 5.92. The van der Waals surface area contributed by atoms with Gasteiger partial charge in [0.15, 0.2) is 0 Å². The Kier molecular flexibility index (Phi) is 2.65. The van der Waals surface area contributed by atoms with Crippen molar-refractivity contribution >= 4 is 5.71 Å². The maximum absolute atomic E-state index is 5.96. The molecule has 1 aliphatic heterocycles. The molecule has 0 amide bonds. The molecule has 4 heteroatoms. The minimum atomic E-state index is -0.0626. The van der Waals surface area contributed by atoms with E-state index in [0.717, 1.165) is 12.1 Å². The van der Waals surface area contributed by atoms with Crippen LogP contribution in [0.1, 0.15) is 5.56 Å². The molecular weight excluding hydrogens is 176 g/mol. The SMILES string of the molecule is N[C@@H](Cc1ccccc1)C1=NN=NC1. The van der Waals surface area contributed by atoms with Gasteiger partial charge in [0.25, 0.3) is 0 Å². The summed E-state index contributed by atoms with van der Waals surface area (Å²) in [4.78, 5) is 0. The summed E-state index contributed by atoms with van der Waals surface area (Å²) >= 11 is 0. The van der Waals surface area contributed by atoms with Crippen molar-refractivity contribution in [2.75, 3.05) is 6.54 Å². The number of nitrogens with two attached hydrogens (primary N) is 1. The maximum atomic E-state index is 5.96. The zero-order valence-electron chi connectivity index (χ0n) is 7.80. The van der Waals surface area contributed by atoms with Gasteiger partial charge in [-0.15, -0.1) is 5.10 Å². The molecule has 0 unspecified atom stereocenters. The van der Waals surface area contributed by atoms with Gasteiger partial charge in [0.05, 0.1) is 11.8 Å². The molecule has 0 saturated heterocycles. The smallest absolute Gasteiger partial charge is 0.104 e. The zero-order chi connectivity index (χ0) is 9.80. The lowest BCUT2D eigenvalue weighted by molar-refractivity contribution is 0.841. The van der Waals surface area contributed by atoms with Crippen LogP contribution in [0.3, 0.4) is 0 Å². The molecule has 2 N–H and O–H groups in total. The summed E-state index contributed by atoms with van der Waals surface area (Å²) in [6.45, 7) is 0.550. The Hall–Kier alpha value is -1.55. The minimum Gasteiger partial charge on any atom is -0.323 e. The van der Waals surface area contributed by atoms with E-state index in [1.807, 2.05) is 18.2 Å². The van der Waals surface area contributed by atoms with Crippen molar-refractivity contribution in [1.29, 1.82) is 0 Å². The van der Waals surface area contributed by atoms with E-state index in [-0.39, 0.29) is 6.04 Å². The topological polar surface area (TPSA) is 63.1 Å². The van der Waals surface area contributed by atoms with E-state index in [2.05, 4.69) is 27.6 Å². The lowest BCUT2D eigenvalue weighted by Gasteiger charge is -2.09. The number of hydrogen-bond donors (Lipinski definition) is 1. The van der Waals surface area contributed by atoms with Gasteiger partial charge in [-0.1, -0.05) is 30.3 Å². The molecule has 0 bridgehead atoms. The summed E-state index contributed by atoms with van der Waals surface area (Å²) in [6, 6.07) is 10.1. The molecule has 0 saturated carbocycles. The molecular formula is C10H12N4. The molecule has 72 valence electrons. The van der Waals surface area contributed by atoms with Gasteiger partial charge in [-0.05, 0) is 17.2 Å². The molecule has 0 spiro atoms. The van der Waals surface area contributed by atoms with Crippen molar-refractivity contribution in [3.05, 3.63) is 35.9 Å². The largest absolute Gasteiger partial charge is 0.323 e. The molecule has 1 aliphatic rings. The van der Waals surface area contributed by atoms with Crippen LogP contribution in [-0.4, -0.2) is 18.3 Å². The van der Waals surface area contributed by atoms with Gasteiger partial charge in [-0.25, -0.2) is 0 Å². The van der Waals surface area contributed by atoms with Gasteiger partial charge < -0.3 is 5.73 Å². The standard InChI is InChI=1S/C10H12N4/c11-9(10-7-12-14-13-10)6-8-4-2-1-3-5-8/h1-5,9H,6-7,11H2/t9-/m0/s1. The van der Waals surface area contributed by atoms with E-state index in [1.165, 1.54) is 5.56 Å². The summed E-state index contributed by atoms with van der Waals surface area (Å²) in [5.74, 6) is 0. The Morgan fingerprint density at radius 2 is 2.07 bits per heavy atom. The molecule has 1 atom stereocenters. The van der Waals surface area contributed by atoms with Gasteiger partial charge >= 0.3 is 0 Å². The fourth-order valence-electron chi connectivity index (χ4n) is 1.40. The zero-order valence-corrected chi connectivity index (χ0v) is 7.80. The quantitative estimate of drug-likeness (QED) is 0.765. The second-order valence-corrected chi connectivity index (χ2v) is 3.28. The lowest BCUT2D eigenvalue weighted by atomic mass is 10.0. The lowest BCUT2D eigenvalue weighted by Crippen LogP contribution is -2.33. The van der Waals surface area contributed by atoms with Gasteiger partial charge in [-0.3, -0.25) is 0 Å². The van der Waals surface area contributed by atoms with Crippen molar-refractivity contribution < 1.29 is 0 Å². The van der Waals surface area contributed by atoms with Gasteiger partial charge in [0.1, 0.15) is 6.54 Å². The first-order chi connectivity index (χ1) is 6.86. The highest BCUT2D eigenvalue weighted by Crippen LogP contribution is 2.05. The third-order valence-corrected chi connectivity index (χ3v) is 2.20. The Morgan fingerprint density at radius 3 is 2.71 bits per heavy atom. The number of nitrogens with zero attached hydrogens (tertiary/aromatic N) is 3. The van der Waals surface area contributed by atoms with Gasteiger partial charge in [0, 0.05) is 0 Å². The van der Waals surface area contributed by atoms with Crippen LogP contribution in [0.15, 0.2) is 45.8 Å². The molecule has 1 aromatic carbocycles. The van der Waals surface area contributed by atoms with E-state index in [1.54, 1.807) is 0 Å². The Bertz CT molecular complexity index is 356. The molecule has 1 heterocycles. The van der Waals surface area contributed by atoms with E-state index in [4.69, 9.17) is 5.73 Å². The third kappa shape index (κ3) is 2.03. The van der Waals surface area contributed by atoms with Gasteiger partial charge in [-0.2, -0.15) is 5.11 Å². The van der Waals surface area contributed by atoms with Crippen molar-refractivity contribution in [2.45, 2.75) is 12.5 Å². The van der Waals surface area contributed by atoms with Gasteiger partial charge in [0.2, 0.25) is 0 Å². The predicted molar refractivity (Wildman–Crippen MR) is 55.3 cm³/mol. The normalized spacial score (nSPS) is 16.8. The molecule has 2 rings (SSSR count). The fourth-order valence-corrected chi connectivity index (χ4v) is 1.40. The monoisotopic (exact) mass is 188 g/mol. The predicted octanol–water partition coefficient (Wildman–Crippen LogP) is 1.38. The molecule has 1 aromatic rings. The van der Waals surface area contributed by atoms with Crippen molar-refractivity contribution in [1.82, 2.24) is 0 Å². The maximum Gasteiger partial charge on any atom is 0.104 e. The van der Waals surface area contributed by atoms with E-state index < -0.39 is 0 Å². The third-order valence-electron chi connectivity index (χ3n) is 2.20. The minimum absolute atomic E-state index is 0.0626. The molecule has 14 heavy (non-hydrogen) atoms. The van der Waals surface area contributed by atoms with E-state index >= 15 is 0 Å². The van der Waals surface area contributed by atoms with Crippen LogP contribution in [-0.2, 0) is 6.42 Å². The average Bonchev–Trinajstić information content (AvgIpc) is 2.72. The first-order valence-corrected chi connectivity index (χ1v) is 4.59. The first-order valence-electron chi connectivity index (χ1n) is 4.59. The average molecular weight is 188 g/mol. The second-order valence-electron chi connectivity index (χ2n) is 3.28. The van der Waals surface area contributed by atoms with Crippen molar-refractivity contribution in [2.24, 2.45) is 21.2 Å². The summed E-state index contributed by atoms with van der Waals surface area (Å²) in [5.41, 5.74) is 8.05. The number of rotatable bonds is 3. The van der Waals surface area contributed by atoms with Crippen LogP contribution in [0.5, 0.6) is 0 Å². The fraction of sp³-hybridized carbons (Fsp3) is 0.300. The van der Waals surface area contributed by atoms with Crippen LogP contribution in [0.4, 0.5) is 0 Å². The van der Waals surface area contributed by atoms with E-state index in [0.29, 0.717) is 6.54 Å². The molecule has 0 aliphatic carbocycles. The first kappa shape index (κ1) is 9.02. The second kappa shape index (κ2) is 4.11. The van der Waals surface area contributed by atoms with Crippen molar-refractivity contribution in [3.8, 4) is 0 Å². The number of benzene rings is 1. The summed E-state index contributed by atoms with van der Waals surface area (Å²) < 4.78 is 0. The highest BCUT2D eigenvalue weighted by atomic mass is 15.4. The van der Waals surface area contributed by atoms with Crippen LogP contribution in [0, 0.1) is 0 Å². The summed E-state index contributed by atoms with van der Waals surface area (Å²) in [7, 11) is 0. The number of hydrogen-bond acceptors (Lipinski definition) is 4. The van der Waals surface area contributed by atoms with Crippen molar-refractivity contribution in [3.63, 3.8) is 0 Å². The van der Waals surface area contributed by atoms with Crippen LogP contribution >= 0.6 is 0 Å². The van der Waals surface area contributed by atoms with E-state index in [9.17, 15) is 0 Å². The molecule has 0 aromatic heterocycles. The highest BCUT2D eigenvalue weighted by Gasteiger charge is 2.14. The summed E-state index contributed by atoms with van der Waals surface area (Å²) in [5, 5.41) is 11.2. The molecule has 0 radical (unpaired) electrons. The summed E-state index contributed by atoms with van der Waals surface area (Å²) in [6.07, 6.45) is 0.796. The Morgan fingerprint density at radius 1 is 1.29 bits per heavy atom. The van der Waals surface area contributed by atoms with Crippen LogP contribution in [0.25, 0.3) is 0 Å². The van der Waals surface area contributed by atoms with Crippen LogP contribution < -0.4 is 5.73 Å². The molecule has 0 fully saturated rings. The Balaban J connectivity index is 1.98. The Labute approximate surface area is 82.5 Å². The van der Waals surface area contributed by atoms with Crippen LogP contribution in [0.2, 0.25) is 0 Å².